The summed E-state index contributed by atoms with van der Waals surface area (Å²) in [5, 5.41) is 3.87. The van der Waals surface area contributed by atoms with Crippen molar-refractivity contribution in [1.82, 2.24) is 5.32 Å². The lowest BCUT2D eigenvalue weighted by Gasteiger charge is -2.15. The van der Waals surface area contributed by atoms with E-state index in [1.807, 2.05) is 5.32 Å². The van der Waals surface area contributed by atoms with Gasteiger partial charge in [-0.05, 0) is 24.3 Å². The van der Waals surface area contributed by atoms with Gasteiger partial charge in [-0.1, -0.05) is 35.9 Å². The second-order valence-corrected chi connectivity index (χ2v) is 6.15. The highest BCUT2D eigenvalue weighted by Crippen LogP contribution is 2.38. The molecule has 0 aliphatic rings. The number of carbonyl (C=O) groups excluding carboxylic acids is 3. The third kappa shape index (κ3) is 7.28. The van der Waals surface area contributed by atoms with Crippen LogP contribution in [0.1, 0.15) is 5.56 Å². The molecule has 0 saturated heterocycles. The Balaban J connectivity index is 1.76. The van der Waals surface area contributed by atoms with E-state index < -0.39 is 48.4 Å². The van der Waals surface area contributed by atoms with Crippen LogP contribution in [-0.4, -0.2) is 37.5 Å². The van der Waals surface area contributed by atoms with Gasteiger partial charge in [0, 0.05) is 0 Å². The number of alkyl halides is 3. The van der Waals surface area contributed by atoms with Crippen LogP contribution in [0.3, 0.4) is 0 Å². The lowest BCUT2D eigenvalue weighted by Crippen LogP contribution is -2.35. The highest BCUT2D eigenvalue weighted by Gasteiger charge is 2.34. The van der Waals surface area contributed by atoms with E-state index >= 15 is 0 Å². The predicted octanol–water partition coefficient (Wildman–Crippen LogP) is 3.04. The summed E-state index contributed by atoms with van der Waals surface area (Å²) < 4.78 is 48.8. The summed E-state index contributed by atoms with van der Waals surface area (Å²) >= 11 is 5.72. The van der Waals surface area contributed by atoms with E-state index in [9.17, 15) is 27.6 Å². The molecule has 2 aromatic rings. The van der Waals surface area contributed by atoms with Gasteiger partial charge in [0.15, 0.2) is 13.2 Å². The molecule has 0 heterocycles. The van der Waals surface area contributed by atoms with E-state index in [1.165, 1.54) is 6.07 Å². The van der Waals surface area contributed by atoms with E-state index in [2.05, 4.69) is 10.1 Å². The van der Waals surface area contributed by atoms with Gasteiger partial charge in [-0.3, -0.25) is 14.4 Å². The number of esters is 1. The molecule has 0 aliphatic carbocycles. The van der Waals surface area contributed by atoms with Crippen molar-refractivity contribution in [2.24, 2.45) is 0 Å². The van der Waals surface area contributed by atoms with Crippen LogP contribution >= 0.6 is 11.6 Å². The molecule has 11 heteroatoms. The molecule has 0 bridgehead atoms. The smallest absolute Gasteiger partial charge is 0.418 e. The molecule has 0 radical (unpaired) electrons. The van der Waals surface area contributed by atoms with E-state index in [0.717, 1.165) is 12.1 Å². The standard InChI is InChI=1S/C19H16ClF3N2O5/c20-14-8-4-7-13(19(21,22)23)18(14)25-16(27)11-30-17(28)9-24-15(26)10-29-12-5-2-1-3-6-12/h1-8H,9-11H2,(H,24,26)(H,25,27). The number of nitrogens with one attached hydrogen (secondary N) is 2. The van der Waals surface area contributed by atoms with Crippen molar-refractivity contribution in [3.8, 4) is 5.75 Å². The SMILES string of the molecule is O=C(COc1ccccc1)NCC(=O)OCC(=O)Nc1c(Cl)cccc1C(F)(F)F. The normalized spacial score (nSPS) is 10.8. The molecule has 0 fully saturated rings. The van der Waals surface area contributed by atoms with Gasteiger partial charge in [0.25, 0.3) is 11.8 Å². The number of hydrogen-bond donors (Lipinski definition) is 2. The van der Waals surface area contributed by atoms with Crippen LogP contribution in [0, 0.1) is 0 Å². The van der Waals surface area contributed by atoms with Crippen molar-refractivity contribution in [1.29, 1.82) is 0 Å². The maximum Gasteiger partial charge on any atom is 0.418 e. The molecule has 0 atom stereocenters. The lowest BCUT2D eigenvalue weighted by atomic mass is 10.1. The molecule has 2 amide bonds. The van der Waals surface area contributed by atoms with Crippen molar-refractivity contribution in [2.45, 2.75) is 6.18 Å². The number of anilines is 1. The number of carbonyl (C=O) groups is 3. The Hall–Kier alpha value is -3.27. The topological polar surface area (TPSA) is 93.7 Å². The Labute approximate surface area is 174 Å². The Morgan fingerprint density at radius 1 is 0.933 bits per heavy atom. The highest BCUT2D eigenvalue weighted by molar-refractivity contribution is 6.34. The first-order valence-corrected chi connectivity index (χ1v) is 8.80. The quantitative estimate of drug-likeness (QED) is 0.610. The minimum Gasteiger partial charge on any atom is -0.484 e. The van der Waals surface area contributed by atoms with Gasteiger partial charge in [-0.2, -0.15) is 13.2 Å². The summed E-state index contributed by atoms with van der Waals surface area (Å²) in [4.78, 5) is 35.1. The fourth-order valence-corrected chi connectivity index (χ4v) is 2.37. The van der Waals surface area contributed by atoms with Crippen LogP contribution in [0.5, 0.6) is 5.75 Å². The first kappa shape index (κ1) is 23.0. The van der Waals surface area contributed by atoms with Crippen LogP contribution < -0.4 is 15.4 Å². The fourth-order valence-electron chi connectivity index (χ4n) is 2.15. The predicted molar refractivity (Wildman–Crippen MR) is 101 cm³/mol. The van der Waals surface area contributed by atoms with Gasteiger partial charge in [-0.15, -0.1) is 0 Å². The zero-order chi connectivity index (χ0) is 22.1. The average Bonchev–Trinajstić information content (AvgIpc) is 2.70. The minimum absolute atomic E-state index is 0.324. The van der Waals surface area contributed by atoms with Crippen LogP contribution in [0.4, 0.5) is 18.9 Å². The van der Waals surface area contributed by atoms with Gasteiger partial charge in [0.1, 0.15) is 12.3 Å². The molecule has 7 nitrogen and oxygen atoms in total. The first-order chi connectivity index (χ1) is 14.2. The number of rotatable bonds is 8. The van der Waals surface area contributed by atoms with E-state index in [4.69, 9.17) is 16.3 Å². The van der Waals surface area contributed by atoms with Gasteiger partial charge < -0.3 is 20.1 Å². The van der Waals surface area contributed by atoms with Crippen molar-refractivity contribution in [3.05, 3.63) is 59.1 Å². The maximum atomic E-state index is 13.0. The Morgan fingerprint density at radius 3 is 2.30 bits per heavy atom. The van der Waals surface area contributed by atoms with Gasteiger partial charge in [0.05, 0.1) is 16.3 Å². The first-order valence-electron chi connectivity index (χ1n) is 8.42. The second kappa shape index (κ2) is 10.5. The van der Waals surface area contributed by atoms with Crippen molar-refractivity contribution in [2.75, 3.05) is 25.1 Å². The monoisotopic (exact) mass is 444 g/mol. The summed E-state index contributed by atoms with van der Waals surface area (Å²) in [5.41, 5.74) is -1.78. The number of amides is 2. The van der Waals surface area contributed by atoms with E-state index in [1.54, 1.807) is 30.3 Å². The number of para-hydroxylation sites is 2. The fraction of sp³-hybridized carbons (Fsp3) is 0.211. The van der Waals surface area contributed by atoms with Crippen LogP contribution in [0.2, 0.25) is 5.02 Å². The molecular formula is C19H16ClF3N2O5. The molecule has 2 N–H and O–H groups in total. The van der Waals surface area contributed by atoms with Gasteiger partial charge in [-0.25, -0.2) is 0 Å². The summed E-state index contributed by atoms with van der Waals surface area (Å²) in [6.45, 7) is -1.76. The molecule has 160 valence electrons. The van der Waals surface area contributed by atoms with Crippen LogP contribution in [0.25, 0.3) is 0 Å². The summed E-state index contributed by atoms with van der Waals surface area (Å²) in [6, 6.07) is 11.5. The third-order valence-corrected chi connectivity index (χ3v) is 3.81. The zero-order valence-electron chi connectivity index (χ0n) is 15.3. The number of halogens is 4. The summed E-state index contributed by atoms with van der Waals surface area (Å²) in [5.74, 6) is -2.13. The van der Waals surface area contributed by atoms with E-state index in [0.29, 0.717) is 5.75 Å². The van der Waals surface area contributed by atoms with Crippen molar-refractivity contribution in [3.63, 3.8) is 0 Å². The largest absolute Gasteiger partial charge is 0.484 e. The Kier molecular flexibility index (Phi) is 8.05. The molecule has 0 spiro atoms. The van der Waals surface area contributed by atoms with Gasteiger partial charge in [0.2, 0.25) is 0 Å². The lowest BCUT2D eigenvalue weighted by molar-refractivity contribution is -0.147. The zero-order valence-corrected chi connectivity index (χ0v) is 16.0. The van der Waals surface area contributed by atoms with Crippen LogP contribution in [-0.2, 0) is 25.3 Å². The van der Waals surface area contributed by atoms with Crippen LogP contribution in [0.15, 0.2) is 48.5 Å². The number of benzene rings is 2. The number of hydrogen-bond acceptors (Lipinski definition) is 5. The molecule has 0 saturated carbocycles. The molecular weight excluding hydrogens is 429 g/mol. The third-order valence-electron chi connectivity index (χ3n) is 3.49. The second-order valence-electron chi connectivity index (χ2n) is 5.75. The number of ether oxygens (including phenoxy) is 2. The van der Waals surface area contributed by atoms with Crippen molar-refractivity contribution >= 4 is 35.1 Å². The molecule has 2 rings (SSSR count). The average molecular weight is 445 g/mol. The molecule has 0 aromatic heterocycles. The highest BCUT2D eigenvalue weighted by atomic mass is 35.5. The van der Waals surface area contributed by atoms with E-state index in [-0.39, 0.29) is 11.6 Å². The molecule has 2 aromatic carbocycles. The molecule has 30 heavy (non-hydrogen) atoms. The Bertz CT molecular complexity index is 907. The van der Waals surface area contributed by atoms with Crippen molar-refractivity contribution < 1.29 is 37.0 Å². The molecule has 0 aliphatic heterocycles. The minimum atomic E-state index is -4.74. The summed E-state index contributed by atoms with van der Waals surface area (Å²) in [6.07, 6.45) is -4.74. The van der Waals surface area contributed by atoms with Gasteiger partial charge >= 0.3 is 12.1 Å². The maximum absolute atomic E-state index is 13.0. The summed E-state index contributed by atoms with van der Waals surface area (Å²) in [7, 11) is 0. The molecule has 0 unspecified atom stereocenters. The Morgan fingerprint density at radius 2 is 1.63 bits per heavy atom.